The number of amides is 2. The molecule has 2 rings (SSSR count). The van der Waals surface area contributed by atoms with Crippen LogP contribution in [0, 0.1) is 5.82 Å². The van der Waals surface area contributed by atoms with Crippen LogP contribution in [-0.4, -0.2) is 15.8 Å². The fourth-order valence-corrected chi connectivity index (χ4v) is 2.13. The van der Waals surface area contributed by atoms with Gasteiger partial charge in [-0.25, -0.2) is 4.39 Å². The molecule has 0 atom stereocenters. The summed E-state index contributed by atoms with van der Waals surface area (Å²) in [5, 5.41) is 0. The summed E-state index contributed by atoms with van der Waals surface area (Å²) < 4.78 is 13.9. The molecule has 0 aliphatic carbocycles. The number of hydrogen-bond donors (Lipinski definition) is 1. The van der Waals surface area contributed by atoms with Crippen LogP contribution in [0.15, 0.2) is 42.5 Å². The molecule has 0 saturated heterocycles. The summed E-state index contributed by atoms with van der Waals surface area (Å²) in [5.41, 5.74) is 6.01. The van der Waals surface area contributed by atoms with Gasteiger partial charge in [0.25, 0.3) is 5.91 Å². The zero-order chi connectivity index (χ0) is 15.6. The third-order valence-corrected chi connectivity index (χ3v) is 3.16. The first-order valence-corrected chi connectivity index (χ1v) is 6.44. The zero-order valence-corrected chi connectivity index (χ0v) is 12.0. The van der Waals surface area contributed by atoms with E-state index in [0.717, 1.165) is 12.1 Å². The van der Waals surface area contributed by atoms with E-state index in [0.29, 0.717) is 9.50 Å². The van der Waals surface area contributed by atoms with Crippen molar-refractivity contribution in [1.29, 1.82) is 0 Å². The van der Waals surface area contributed by atoms with E-state index >= 15 is 0 Å². The molecule has 2 aromatic carbocycles. The third kappa shape index (κ3) is 3.15. The maximum atomic E-state index is 13.5. The van der Waals surface area contributed by atoms with Gasteiger partial charge in [-0.15, -0.1) is 0 Å². The van der Waals surface area contributed by atoms with Crippen molar-refractivity contribution < 1.29 is 14.0 Å². The Hall–Kier alpha value is -2.11. The van der Waals surface area contributed by atoms with Crippen molar-refractivity contribution >= 4 is 35.4 Å². The van der Waals surface area contributed by atoms with Gasteiger partial charge in [0.2, 0.25) is 5.91 Å². The summed E-state index contributed by atoms with van der Waals surface area (Å²) in [6.07, 6.45) is 0. The lowest BCUT2D eigenvalue weighted by Crippen LogP contribution is -2.15. The van der Waals surface area contributed by atoms with Crippen LogP contribution in [0.3, 0.4) is 0 Å². The van der Waals surface area contributed by atoms with Crippen LogP contribution in [0.5, 0.6) is 0 Å². The quantitative estimate of drug-likeness (QED) is 0.879. The molecule has 0 unspecified atom stereocenters. The first-order chi connectivity index (χ1) is 9.91. The van der Waals surface area contributed by atoms with Gasteiger partial charge in [-0.2, -0.15) is 3.94 Å². The largest absolute Gasteiger partial charge is 0.366 e. The number of benzene rings is 2. The number of halogens is 3. The smallest absolute Gasteiger partial charge is 0.283 e. The molecule has 2 amide bonds. The Morgan fingerprint density at radius 2 is 1.67 bits per heavy atom. The van der Waals surface area contributed by atoms with Gasteiger partial charge in [0.15, 0.2) is 0 Å². The number of hydrogen-bond acceptors (Lipinski definition) is 2. The lowest BCUT2D eigenvalue weighted by atomic mass is 9.94. The number of carbonyl (C=O) groups is 2. The number of rotatable bonds is 3. The molecule has 0 bridgehead atoms. The minimum absolute atomic E-state index is 0.0510. The Morgan fingerprint density at radius 3 is 2.29 bits per heavy atom. The maximum absolute atomic E-state index is 13.5. The summed E-state index contributed by atoms with van der Waals surface area (Å²) in [5.74, 6) is -2.01. The predicted octanol–water partition coefficient (Wildman–Crippen LogP) is 3.34. The van der Waals surface area contributed by atoms with Crippen LogP contribution in [0.1, 0.15) is 20.7 Å². The highest BCUT2D eigenvalue weighted by Gasteiger charge is 2.20. The molecule has 21 heavy (non-hydrogen) atoms. The van der Waals surface area contributed by atoms with Crippen molar-refractivity contribution in [3.05, 3.63) is 59.4 Å². The number of nitrogens with two attached hydrogens (primary N) is 1. The van der Waals surface area contributed by atoms with Crippen LogP contribution in [0.4, 0.5) is 4.39 Å². The summed E-state index contributed by atoms with van der Waals surface area (Å²) in [6.45, 7) is 0. The molecule has 4 nitrogen and oxygen atoms in total. The Balaban J connectivity index is 2.72. The van der Waals surface area contributed by atoms with Crippen molar-refractivity contribution in [2.24, 2.45) is 5.73 Å². The number of carbonyl (C=O) groups excluding carboxylic acids is 2. The molecule has 108 valence electrons. The van der Waals surface area contributed by atoms with Gasteiger partial charge in [-0.1, -0.05) is 18.2 Å². The molecule has 0 aliphatic rings. The minimum atomic E-state index is -0.743. The molecule has 7 heteroatoms. The molecule has 0 spiro atoms. The molecular weight excluding hydrogens is 318 g/mol. The van der Waals surface area contributed by atoms with E-state index < -0.39 is 17.6 Å². The van der Waals surface area contributed by atoms with Gasteiger partial charge < -0.3 is 5.73 Å². The lowest BCUT2D eigenvalue weighted by molar-refractivity contribution is 0.0923. The maximum Gasteiger partial charge on any atom is 0.283 e. The molecule has 0 heterocycles. The Labute approximate surface area is 130 Å². The SMILES string of the molecule is NC(=O)c1ccccc1-c1cc(F)ccc1C(=O)N(Cl)Cl. The molecule has 0 saturated carbocycles. The van der Waals surface area contributed by atoms with Crippen molar-refractivity contribution in [3.8, 4) is 11.1 Å². The van der Waals surface area contributed by atoms with E-state index in [1.165, 1.54) is 12.1 Å². The van der Waals surface area contributed by atoms with Crippen molar-refractivity contribution in [1.82, 2.24) is 3.94 Å². The summed E-state index contributed by atoms with van der Waals surface area (Å²) in [4.78, 5) is 23.4. The number of primary amides is 1. The highest BCUT2D eigenvalue weighted by molar-refractivity contribution is 6.43. The first kappa shape index (κ1) is 15.3. The van der Waals surface area contributed by atoms with E-state index in [2.05, 4.69) is 0 Å². The highest BCUT2D eigenvalue weighted by atomic mass is 35.5. The molecule has 0 fully saturated rings. The molecule has 2 aromatic rings. The fourth-order valence-electron chi connectivity index (χ4n) is 1.95. The second kappa shape index (κ2) is 6.11. The Kier molecular flexibility index (Phi) is 4.45. The van der Waals surface area contributed by atoms with Crippen LogP contribution in [-0.2, 0) is 0 Å². The monoisotopic (exact) mass is 326 g/mol. The van der Waals surface area contributed by atoms with Crippen molar-refractivity contribution in [2.45, 2.75) is 0 Å². The van der Waals surface area contributed by atoms with Gasteiger partial charge in [-0.3, -0.25) is 9.59 Å². The van der Waals surface area contributed by atoms with E-state index in [4.69, 9.17) is 29.3 Å². The molecular formula is C14H9Cl2FN2O2. The second-order valence-electron chi connectivity index (χ2n) is 4.14. The summed E-state index contributed by atoms with van der Waals surface area (Å²) in [6, 6.07) is 9.74. The highest BCUT2D eigenvalue weighted by Crippen LogP contribution is 2.29. The predicted molar refractivity (Wildman–Crippen MR) is 78.2 cm³/mol. The van der Waals surface area contributed by atoms with E-state index in [9.17, 15) is 14.0 Å². The summed E-state index contributed by atoms with van der Waals surface area (Å²) >= 11 is 10.9. The summed E-state index contributed by atoms with van der Waals surface area (Å²) in [7, 11) is 0. The second-order valence-corrected chi connectivity index (χ2v) is 4.99. The van der Waals surface area contributed by atoms with Gasteiger partial charge in [0, 0.05) is 29.1 Å². The first-order valence-electron chi connectivity index (χ1n) is 5.76. The van der Waals surface area contributed by atoms with Crippen molar-refractivity contribution in [2.75, 3.05) is 0 Å². The topological polar surface area (TPSA) is 63.4 Å². The van der Waals surface area contributed by atoms with Gasteiger partial charge in [0.05, 0.1) is 5.56 Å². The van der Waals surface area contributed by atoms with E-state index in [1.807, 2.05) is 0 Å². The zero-order valence-electron chi connectivity index (χ0n) is 10.5. The average Bonchev–Trinajstić information content (AvgIpc) is 2.46. The van der Waals surface area contributed by atoms with Crippen LogP contribution >= 0.6 is 23.6 Å². The standard InChI is InChI=1S/C14H9Cl2FN2O2/c15-19(16)14(21)11-6-5-8(17)7-12(11)9-3-1-2-4-10(9)13(18)20/h1-7H,(H2,18,20). The van der Waals surface area contributed by atoms with Gasteiger partial charge in [0.1, 0.15) is 5.82 Å². The normalized spacial score (nSPS) is 10.2. The van der Waals surface area contributed by atoms with Gasteiger partial charge >= 0.3 is 0 Å². The van der Waals surface area contributed by atoms with Crippen LogP contribution < -0.4 is 5.73 Å². The number of nitrogens with zero attached hydrogens (tertiary/aromatic N) is 1. The molecule has 2 N–H and O–H groups in total. The molecule has 0 radical (unpaired) electrons. The Morgan fingerprint density at radius 1 is 1.00 bits per heavy atom. The average molecular weight is 327 g/mol. The van der Waals surface area contributed by atoms with Crippen molar-refractivity contribution in [3.63, 3.8) is 0 Å². The van der Waals surface area contributed by atoms with Crippen LogP contribution in [0.25, 0.3) is 11.1 Å². The fraction of sp³-hybridized carbons (Fsp3) is 0. The Bertz CT molecular complexity index is 720. The molecule has 0 aliphatic heterocycles. The van der Waals surface area contributed by atoms with E-state index in [-0.39, 0.29) is 16.7 Å². The third-order valence-electron chi connectivity index (χ3n) is 2.85. The van der Waals surface area contributed by atoms with Crippen LogP contribution in [0.2, 0.25) is 0 Å². The van der Waals surface area contributed by atoms with Gasteiger partial charge in [-0.05, 0) is 35.4 Å². The molecule has 0 aromatic heterocycles. The minimum Gasteiger partial charge on any atom is -0.366 e. The lowest BCUT2D eigenvalue weighted by Gasteiger charge is -2.13. The van der Waals surface area contributed by atoms with E-state index in [1.54, 1.807) is 18.2 Å².